The summed E-state index contributed by atoms with van der Waals surface area (Å²) in [5.74, 6) is 0.259. The number of quaternary nitrogens is 1. The molecule has 2 aromatic rings. The highest BCUT2D eigenvalue weighted by atomic mass is 35.5. The monoisotopic (exact) mass is 395 g/mol. The van der Waals surface area contributed by atoms with Crippen molar-refractivity contribution in [2.75, 3.05) is 27.4 Å². The van der Waals surface area contributed by atoms with Gasteiger partial charge in [0.2, 0.25) is 0 Å². The Balaban J connectivity index is 0.00000364. The smallest absolute Gasteiger partial charge is 0.337 e. The van der Waals surface area contributed by atoms with Crippen LogP contribution in [0, 0.1) is 0 Å². The van der Waals surface area contributed by atoms with E-state index in [1.54, 1.807) is 48.5 Å². The number of rotatable bonds is 8. The minimum Gasteiger partial charge on any atom is -1.00 e. The lowest BCUT2D eigenvalue weighted by Gasteiger charge is -2.13. The predicted octanol–water partition coefficient (Wildman–Crippen LogP) is -1.67. The Kier molecular flexibility index (Phi) is 9.12. The summed E-state index contributed by atoms with van der Waals surface area (Å²) in [4.78, 5) is 23.0. The van der Waals surface area contributed by atoms with Gasteiger partial charge in [-0.3, -0.25) is 0 Å². The second kappa shape index (κ2) is 11.1. The summed E-state index contributed by atoms with van der Waals surface area (Å²) in [5.41, 5.74) is 4.82. The van der Waals surface area contributed by atoms with Crippen molar-refractivity contribution in [3.8, 4) is 11.5 Å². The van der Waals surface area contributed by atoms with Crippen LogP contribution in [0.15, 0.2) is 48.5 Å². The molecule has 27 heavy (non-hydrogen) atoms. The molecule has 0 spiro atoms. The molecule has 0 bridgehead atoms. The maximum absolute atomic E-state index is 11.5. The van der Waals surface area contributed by atoms with Crippen molar-refractivity contribution in [1.29, 1.82) is 0 Å². The lowest BCUT2D eigenvalue weighted by atomic mass is 10.2. The second-order valence-electron chi connectivity index (χ2n) is 5.53. The molecule has 7 nitrogen and oxygen atoms in total. The summed E-state index contributed by atoms with van der Waals surface area (Å²) < 4.78 is 20.7. The second-order valence-corrected chi connectivity index (χ2v) is 5.53. The van der Waals surface area contributed by atoms with Crippen LogP contribution < -0.4 is 27.6 Å². The SMILES string of the molecule is COC(=O)c1cccc(OCC([NH3+])COc2cccc(C(=O)OC)c2)c1.[Cl-]. The van der Waals surface area contributed by atoms with E-state index >= 15 is 0 Å². The molecule has 0 unspecified atom stereocenters. The molecule has 2 aromatic carbocycles. The van der Waals surface area contributed by atoms with Crippen LogP contribution in [0.3, 0.4) is 0 Å². The fourth-order valence-electron chi connectivity index (χ4n) is 2.14. The normalized spacial score (nSPS) is 9.93. The minimum absolute atomic E-state index is 0. The van der Waals surface area contributed by atoms with Gasteiger partial charge in [-0.05, 0) is 36.4 Å². The van der Waals surface area contributed by atoms with E-state index in [9.17, 15) is 9.59 Å². The van der Waals surface area contributed by atoms with Gasteiger partial charge in [0.05, 0.1) is 25.3 Å². The summed E-state index contributed by atoms with van der Waals surface area (Å²) in [7, 11) is 2.66. The maximum Gasteiger partial charge on any atom is 0.337 e. The third-order valence-electron chi connectivity index (χ3n) is 3.48. The highest BCUT2D eigenvalue weighted by Gasteiger charge is 2.12. The number of carbonyl (C=O) groups is 2. The largest absolute Gasteiger partial charge is 1.00 e. The van der Waals surface area contributed by atoms with E-state index in [-0.39, 0.29) is 18.4 Å². The molecule has 0 saturated heterocycles. The van der Waals surface area contributed by atoms with Crippen molar-refractivity contribution >= 4 is 11.9 Å². The van der Waals surface area contributed by atoms with Crippen LogP contribution >= 0.6 is 0 Å². The van der Waals surface area contributed by atoms with Crippen LogP contribution in [0.2, 0.25) is 0 Å². The molecule has 0 radical (unpaired) electrons. The summed E-state index contributed by atoms with van der Waals surface area (Å²) in [6.45, 7) is 0.614. The molecule has 146 valence electrons. The number of methoxy groups -OCH3 is 2. The molecular weight excluding hydrogens is 374 g/mol. The Morgan fingerprint density at radius 3 is 1.63 bits per heavy atom. The van der Waals surface area contributed by atoms with Crippen LogP contribution in [0.1, 0.15) is 20.7 Å². The highest BCUT2D eigenvalue weighted by molar-refractivity contribution is 5.90. The molecular formula is C19H22ClNO6. The predicted molar refractivity (Wildman–Crippen MR) is 93.2 cm³/mol. The van der Waals surface area contributed by atoms with Gasteiger partial charge in [0, 0.05) is 0 Å². The molecule has 0 aliphatic rings. The molecule has 0 fully saturated rings. The molecule has 0 atom stereocenters. The summed E-state index contributed by atoms with van der Waals surface area (Å²) in [6, 6.07) is 13.3. The van der Waals surface area contributed by atoms with Gasteiger partial charge in [0.1, 0.15) is 24.7 Å². The molecule has 0 aliphatic carbocycles. The summed E-state index contributed by atoms with van der Waals surface area (Å²) in [6.07, 6.45) is 0. The van der Waals surface area contributed by atoms with Crippen molar-refractivity contribution in [3.63, 3.8) is 0 Å². The molecule has 0 amide bonds. The minimum atomic E-state index is -0.421. The van der Waals surface area contributed by atoms with Crippen molar-refractivity contribution in [2.45, 2.75) is 6.04 Å². The summed E-state index contributed by atoms with van der Waals surface area (Å²) >= 11 is 0. The van der Waals surface area contributed by atoms with Gasteiger partial charge in [-0.1, -0.05) is 12.1 Å². The zero-order valence-electron chi connectivity index (χ0n) is 15.1. The zero-order chi connectivity index (χ0) is 18.9. The molecule has 0 saturated carbocycles. The average molecular weight is 396 g/mol. The average Bonchev–Trinajstić information content (AvgIpc) is 2.69. The highest BCUT2D eigenvalue weighted by Crippen LogP contribution is 2.16. The number of ether oxygens (including phenoxy) is 4. The number of carbonyl (C=O) groups excluding carboxylic acids is 2. The first kappa shape index (κ1) is 22.3. The number of hydrogen-bond acceptors (Lipinski definition) is 6. The first-order valence-corrected chi connectivity index (χ1v) is 7.99. The Labute approximate surface area is 163 Å². The van der Waals surface area contributed by atoms with Crippen LogP contribution in [0.25, 0.3) is 0 Å². The van der Waals surface area contributed by atoms with Crippen molar-refractivity contribution in [1.82, 2.24) is 0 Å². The van der Waals surface area contributed by atoms with Gasteiger partial charge in [-0.25, -0.2) is 9.59 Å². The van der Waals surface area contributed by atoms with E-state index in [4.69, 9.17) is 9.47 Å². The first-order chi connectivity index (χ1) is 12.5. The Morgan fingerprint density at radius 2 is 1.26 bits per heavy atom. The molecule has 0 aromatic heterocycles. The number of hydrogen-bond donors (Lipinski definition) is 1. The van der Waals surface area contributed by atoms with Gasteiger partial charge >= 0.3 is 11.9 Å². The van der Waals surface area contributed by atoms with E-state index in [0.717, 1.165) is 0 Å². The van der Waals surface area contributed by atoms with Gasteiger partial charge in [0.15, 0.2) is 6.04 Å². The number of halogens is 1. The zero-order valence-corrected chi connectivity index (χ0v) is 15.9. The van der Waals surface area contributed by atoms with Crippen LogP contribution in [-0.4, -0.2) is 45.4 Å². The third-order valence-corrected chi connectivity index (χ3v) is 3.48. The topological polar surface area (TPSA) is 98.7 Å². The molecule has 3 N–H and O–H groups in total. The quantitative estimate of drug-likeness (QED) is 0.537. The standard InChI is InChI=1S/C19H21NO6.ClH/c1-23-18(21)13-5-3-7-16(9-13)25-11-15(20)12-26-17-8-4-6-14(10-17)19(22)24-2;/h3-10,15H,11-12,20H2,1-2H3;1H. The molecule has 8 heteroatoms. The molecule has 0 heterocycles. The number of benzene rings is 2. The van der Waals surface area contributed by atoms with Gasteiger partial charge in [-0.15, -0.1) is 0 Å². The van der Waals surface area contributed by atoms with Crippen LogP contribution in [0.5, 0.6) is 11.5 Å². The number of esters is 2. The Morgan fingerprint density at radius 1 is 0.852 bits per heavy atom. The van der Waals surface area contributed by atoms with Crippen molar-refractivity contribution in [2.24, 2.45) is 0 Å². The van der Waals surface area contributed by atoms with Gasteiger partial charge in [0.25, 0.3) is 0 Å². The van der Waals surface area contributed by atoms with E-state index in [2.05, 4.69) is 15.2 Å². The first-order valence-electron chi connectivity index (χ1n) is 7.99. The third kappa shape index (κ3) is 6.80. The Bertz CT molecular complexity index is 704. The van der Waals surface area contributed by atoms with Gasteiger partial charge < -0.3 is 37.1 Å². The van der Waals surface area contributed by atoms with E-state index < -0.39 is 11.9 Å². The Hall–Kier alpha value is -2.77. The summed E-state index contributed by atoms with van der Waals surface area (Å²) in [5, 5.41) is 0. The van der Waals surface area contributed by atoms with E-state index in [1.165, 1.54) is 14.2 Å². The van der Waals surface area contributed by atoms with Crippen LogP contribution in [-0.2, 0) is 9.47 Å². The van der Waals surface area contributed by atoms with E-state index in [1.807, 2.05) is 0 Å². The van der Waals surface area contributed by atoms with Crippen molar-refractivity contribution < 1.29 is 46.7 Å². The molecule has 2 rings (SSSR count). The van der Waals surface area contributed by atoms with Gasteiger partial charge in [-0.2, -0.15) is 0 Å². The lowest BCUT2D eigenvalue weighted by molar-refractivity contribution is -0.427. The fourth-order valence-corrected chi connectivity index (χ4v) is 2.14. The van der Waals surface area contributed by atoms with Crippen molar-refractivity contribution in [3.05, 3.63) is 59.7 Å². The maximum atomic E-state index is 11.5. The van der Waals surface area contributed by atoms with E-state index in [0.29, 0.717) is 35.8 Å². The lowest BCUT2D eigenvalue weighted by Crippen LogP contribution is -3.00. The molecule has 0 aliphatic heterocycles. The van der Waals surface area contributed by atoms with Crippen LogP contribution in [0.4, 0.5) is 0 Å². The fraction of sp³-hybridized carbons (Fsp3) is 0.263.